The summed E-state index contributed by atoms with van der Waals surface area (Å²) < 4.78 is 14.5. The Labute approximate surface area is 91.1 Å². The molecule has 0 spiro atoms. The van der Waals surface area contributed by atoms with Crippen molar-refractivity contribution in [3.05, 3.63) is 36.1 Å². The zero-order valence-corrected chi connectivity index (χ0v) is 8.96. The predicted octanol–water partition coefficient (Wildman–Crippen LogP) is 2.32. The number of hydrogen-bond acceptors (Lipinski definition) is 3. The summed E-state index contributed by atoms with van der Waals surface area (Å²) in [6.45, 7) is 0. The number of aromatic nitrogens is 2. The Morgan fingerprint density at radius 2 is 2.20 bits per heavy atom. The number of thioether (sulfide) groups is 1. The third kappa shape index (κ3) is 1.97. The van der Waals surface area contributed by atoms with Gasteiger partial charge in [0, 0.05) is 6.07 Å². The van der Waals surface area contributed by atoms with Crippen molar-refractivity contribution in [3.63, 3.8) is 0 Å². The standard InChI is InChI=1S/C10H10FN3S/c1-15-10-6-9(12)14(13-10)8-4-2-3-7(11)5-8/h2-6H,12H2,1H3. The summed E-state index contributed by atoms with van der Waals surface area (Å²) in [7, 11) is 0. The molecule has 0 bridgehead atoms. The Morgan fingerprint density at radius 1 is 1.40 bits per heavy atom. The van der Waals surface area contributed by atoms with E-state index in [9.17, 15) is 4.39 Å². The summed E-state index contributed by atoms with van der Waals surface area (Å²) >= 11 is 1.50. The fraction of sp³-hybridized carbons (Fsp3) is 0.100. The van der Waals surface area contributed by atoms with Crippen molar-refractivity contribution in [2.75, 3.05) is 12.0 Å². The number of rotatable bonds is 2. The van der Waals surface area contributed by atoms with Gasteiger partial charge in [-0.1, -0.05) is 6.07 Å². The van der Waals surface area contributed by atoms with Crippen LogP contribution >= 0.6 is 11.8 Å². The van der Waals surface area contributed by atoms with Crippen LogP contribution in [0.2, 0.25) is 0 Å². The van der Waals surface area contributed by atoms with Gasteiger partial charge in [-0.3, -0.25) is 0 Å². The van der Waals surface area contributed by atoms with Crippen LogP contribution in [-0.2, 0) is 0 Å². The number of benzene rings is 1. The monoisotopic (exact) mass is 223 g/mol. The fourth-order valence-electron chi connectivity index (χ4n) is 1.29. The summed E-state index contributed by atoms with van der Waals surface area (Å²) in [6.07, 6.45) is 1.91. The Bertz CT molecular complexity index is 481. The van der Waals surface area contributed by atoms with Gasteiger partial charge in [-0.05, 0) is 24.5 Å². The minimum absolute atomic E-state index is 0.298. The van der Waals surface area contributed by atoms with Crippen LogP contribution in [0.15, 0.2) is 35.4 Å². The van der Waals surface area contributed by atoms with Crippen molar-refractivity contribution in [1.82, 2.24) is 9.78 Å². The summed E-state index contributed by atoms with van der Waals surface area (Å²) in [5.41, 5.74) is 6.40. The van der Waals surface area contributed by atoms with E-state index in [4.69, 9.17) is 5.73 Å². The molecule has 1 aromatic carbocycles. The van der Waals surface area contributed by atoms with E-state index in [2.05, 4.69) is 5.10 Å². The van der Waals surface area contributed by atoms with Gasteiger partial charge in [0.05, 0.1) is 5.69 Å². The number of halogens is 1. The van der Waals surface area contributed by atoms with E-state index in [1.807, 2.05) is 6.26 Å². The molecule has 2 N–H and O–H groups in total. The van der Waals surface area contributed by atoms with Crippen LogP contribution in [0.4, 0.5) is 10.2 Å². The lowest BCUT2D eigenvalue weighted by molar-refractivity contribution is 0.625. The predicted molar refractivity (Wildman–Crippen MR) is 59.7 cm³/mol. The Hall–Kier alpha value is -1.49. The molecule has 0 amide bonds. The highest BCUT2D eigenvalue weighted by atomic mass is 32.2. The minimum atomic E-state index is -0.298. The summed E-state index contributed by atoms with van der Waals surface area (Å²) in [5, 5.41) is 5.04. The van der Waals surface area contributed by atoms with Crippen LogP contribution in [-0.4, -0.2) is 16.0 Å². The smallest absolute Gasteiger partial charge is 0.128 e. The number of nitrogens with zero attached hydrogens (tertiary/aromatic N) is 2. The molecule has 0 aliphatic heterocycles. The molecule has 0 fully saturated rings. The van der Waals surface area contributed by atoms with E-state index in [1.54, 1.807) is 18.2 Å². The molecule has 0 aliphatic rings. The fourth-order valence-corrected chi connectivity index (χ4v) is 1.69. The van der Waals surface area contributed by atoms with Gasteiger partial charge in [-0.25, -0.2) is 9.07 Å². The van der Waals surface area contributed by atoms with Crippen LogP contribution < -0.4 is 5.73 Å². The zero-order chi connectivity index (χ0) is 10.8. The summed E-state index contributed by atoms with van der Waals surface area (Å²) in [6, 6.07) is 7.93. The molecule has 15 heavy (non-hydrogen) atoms. The molecule has 2 aromatic rings. The van der Waals surface area contributed by atoms with Crippen molar-refractivity contribution in [2.24, 2.45) is 0 Å². The maximum Gasteiger partial charge on any atom is 0.128 e. The lowest BCUT2D eigenvalue weighted by Crippen LogP contribution is -2.01. The minimum Gasteiger partial charge on any atom is -0.384 e. The van der Waals surface area contributed by atoms with Crippen LogP contribution in [0.5, 0.6) is 0 Å². The van der Waals surface area contributed by atoms with Gasteiger partial charge in [-0.2, -0.15) is 5.10 Å². The lowest BCUT2D eigenvalue weighted by Gasteiger charge is -2.02. The van der Waals surface area contributed by atoms with Crippen molar-refractivity contribution >= 4 is 17.6 Å². The molecule has 0 saturated heterocycles. The van der Waals surface area contributed by atoms with Crippen molar-refractivity contribution in [2.45, 2.75) is 5.03 Å². The molecule has 0 saturated carbocycles. The van der Waals surface area contributed by atoms with Crippen molar-refractivity contribution < 1.29 is 4.39 Å². The first-order chi connectivity index (χ1) is 7.20. The average molecular weight is 223 g/mol. The SMILES string of the molecule is CSc1cc(N)n(-c2cccc(F)c2)n1. The molecule has 3 nitrogen and oxygen atoms in total. The van der Waals surface area contributed by atoms with E-state index in [0.29, 0.717) is 11.5 Å². The van der Waals surface area contributed by atoms with E-state index in [0.717, 1.165) is 5.03 Å². The van der Waals surface area contributed by atoms with Gasteiger partial charge in [0.15, 0.2) is 0 Å². The number of hydrogen-bond donors (Lipinski definition) is 1. The van der Waals surface area contributed by atoms with E-state index in [-0.39, 0.29) is 5.82 Å². The van der Waals surface area contributed by atoms with Crippen molar-refractivity contribution in [1.29, 1.82) is 0 Å². The van der Waals surface area contributed by atoms with E-state index < -0.39 is 0 Å². The van der Waals surface area contributed by atoms with E-state index in [1.165, 1.54) is 28.6 Å². The summed E-state index contributed by atoms with van der Waals surface area (Å²) in [4.78, 5) is 0. The second kappa shape index (κ2) is 3.94. The quantitative estimate of drug-likeness (QED) is 0.794. The third-order valence-electron chi connectivity index (χ3n) is 1.98. The summed E-state index contributed by atoms with van der Waals surface area (Å²) in [5.74, 6) is 0.207. The Balaban J connectivity index is 2.48. The average Bonchev–Trinajstić information content (AvgIpc) is 2.60. The molecular weight excluding hydrogens is 213 g/mol. The highest BCUT2D eigenvalue weighted by Crippen LogP contribution is 2.20. The molecular formula is C10H10FN3S. The second-order valence-electron chi connectivity index (χ2n) is 3.00. The Kier molecular flexibility index (Phi) is 2.64. The zero-order valence-electron chi connectivity index (χ0n) is 8.14. The molecule has 5 heteroatoms. The lowest BCUT2D eigenvalue weighted by atomic mass is 10.3. The number of nitrogen functional groups attached to an aromatic ring is 1. The van der Waals surface area contributed by atoms with Crippen LogP contribution in [0, 0.1) is 5.82 Å². The van der Waals surface area contributed by atoms with Gasteiger partial charge < -0.3 is 5.73 Å². The number of nitrogens with two attached hydrogens (primary N) is 1. The third-order valence-corrected chi connectivity index (χ3v) is 2.59. The highest BCUT2D eigenvalue weighted by molar-refractivity contribution is 7.98. The molecule has 1 heterocycles. The maximum absolute atomic E-state index is 13.0. The topological polar surface area (TPSA) is 43.8 Å². The van der Waals surface area contributed by atoms with Gasteiger partial charge in [0.1, 0.15) is 16.7 Å². The Morgan fingerprint density at radius 3 is 2.80 bits per heavy atom. The molecule has 0 atom stereocenters. The van der Waals surface area contributed by atoms with Crippen molar-refractivity contribution in [3.8, 4) is 5.69 Å². The first-order valence-electron chi connectivity index (χ1n) is 4.36. The van der Waals surface area contributed by atoms with Crippen LogP contribution in [0.1, 0.15) is 0 Å². The van der Waals surface area contributed by atoms with Crippen LogP contribution in [0.25, 0.3) is 5.69 Å². The maximum atomic E-state index is 13.0. The molecule has 1 aromatic heterocycles. The second-order valence-corrected chi connectivity index (χ2v) is 3.83. The normalized spacial score (nSPS) is 10.5. The van der Waals surface area contributed by atoms with E-state index >= 15 is 0 Å². The molecule has 2 rings (SSSR count). The first kappa shape index (κ1) is 10.0. The van der Waals surface area contributed by atoms with Gasteiger partial charge in [0.25, 0.3) is 0 Å². The molecule has 0 aliphatic carbocycles. The highest BCUT2D eigenvalue weighted by Gasteiger charge is 2.06. The van der Waals surface area contributed by atoms with Gasteiger partial charge in [0.2, 0.25) is 0 Å². The molecule has 78 valence electrons. The molecule has 0 unspecified atom stereocenters. The number of anilines is 1. The first-order valence-corrected chi connectivity index (χ1v) is 5.58. The van der Waals surface area contributed by atoms with Gasteiger partial charge in [-0.15, -0.1) is 11.8 Å². The molecule has 0 radical (unpaired) electrons. The van der Waals surface area contributed by atoms with Gasteiger partial charge >= 0.3 is 0 Å². The van der Waals surface area contributed by atoms with Crippen LogP contribution in [0.3, 0.4) is 0 Å². The largest absolute Gasteiger partial charge is 0.384 e.